The van der Waals surface area contributed by atoms with E-state index in [9.17, 15) is 18.3 Å². The Morgan fingerprint density at radius 3 is 2.68 bits per heavy atom. The van der Waals surface area contributed by atoms with Gasteiger partial charge in [0, 0.05) is 30.7 Å². The van der Waals surface area contributed by atoms with E-state index in [2.05, 4.69) is 10.1 Å². The predicted octanol–water partition coefficient (Wildman–Crippen LogP) is 2.40. The van der Waals surface area contributed by atoms with E-state index in [-0.39, 0.29) is 5.56 Å². The zero-order valence-corrected chi connectivity index (χ0v) is 10.1. The molecule has 0 aliphatic rings. The molecule has 0 aromatic carbocycles. The molecule has 1 N–H and O–H groups in total. The Kier molecular flexibility index (Phi) is 3.57. The van der Waals surface area contributed by atoms with Crippen molar-refractivity contribution in [1.82, 2.24) is 14.8 Å². The molecule has 2 heterocycles. The number of pyridine rings is 1. The van der Waals surface area contributed by atoms with Crippen molar-refractivity contribution < 1.29 is 18.3 Å². The maximum atomic E-state index is 12.9. The van der Waals surface area contributed by atoms with Crippen LogP contribution < -0.4 is 0 Å². The van der Waals surface area contributed by atoms with Crippen molar-refractivity contribution in [2.24, 2.45) is 0 Å². The van der Waals surface area contributed by atoms with E-state index in [1.807, 2.05) is 0 Å². The lowest BCUT2D eigenvalue weighted by atomic mass is 10.0. The molecule has 4 nitrogen and oxygen atoms in total. The Bertz CT molecular complexity index is 565. The van der Waals surface area contributed by atoms with Crippen molar-refractivity contribution in [2.75, 3.05) is 0 Å². The number of halogens is 3. The lowest BCUT2D eigenvalue weighted by Crippen LogP contribution is -2.15. The first-order chi connectivity index (χ1) is 8.95. The Balaban J connectivity index is 2.48. The third-order valence-electron chi connectivity index (χ3n) is 2.78. The van der Waals surface area contributed by atoms with E-state index >= 15 is 0 Å². The predicted molar refractivity (Wildman–Crippen MR) is 61.2 cm³/mol. The summed E-state index contributed by atoms with van der Waals surface area (Å²) >= 11 is 0. The van der Waals surface area contributed by atoms with Crippen LogP contribution in [0.25, 0.3) is 0 Å². The quantitative estimate of drug-likeness (QED) is 0.932. The second kappa shape index (κ2) is 5.00. The summed E-state index contributed by atoms with van der Waals surface area (Å²) in [5.41, 5.74) is -0.856. The number of alkyl halides is 3. The number of rotatable bonds is 3. The van der Waals surface area contributed by atoms with Gasteiger partial charge < -0.3 is 5.11 Å². The first-order valence-corrected chi connectivity index (χ1v) is 5.66. The number of hydrogen-bond donors (Lipinski definition) is 1. The van der Waals surface area contributed by atoms with E-state index in [1.165, 1.54) is 16.9 Å². The summed E-state index contributed by atoms with van der Waals surface area (Å²) < 4.78 is 40.1. The van der Waals surface area contributed by atoms with Gasteiger partial charge >= 0.3 is 6.18 Å². The second-order valence-corrected chi connectivity index (χ2v) is 3.94. The summed E-state index contributed by atoms with van der Waals surface area (Å²) in [6.45, 7) is 2.25. The molecule has 1 unspecified atom stereocenters. The molecule has 2 rings (SSSR count). The molecule has 0 saturated heterocycles. The van der Waals surface area contributed by atoms with Crippen LogP contribution in [0, 0.1) is 0 Å². The van der Waals surface area contributed by atoms with Gasteiger partial charge in [0.1, 0.15) is 6.10 Å². The minimum atomic E-state index is -4.53. The van der Waals surface area contributed by atoms with E-state index in [0.29, 0.717) is 12.2 Å². The molecule has 0 spiro atoms. The topological polar surface area (TPSA) is 50.9 Å². The molecule has 0 saturated carbocycles. The van der Waals surface area contributed by atoms with Crippen LogP contribution in [0.15, 0.2) is 30.7 Å². The number of nitrogens with zero attached hydrogens (tertiary/aromatic N) is 3. The summed E-state index contributed by atoms with van der Waals surface area (Å²) in [4.78, 5) is 3.66. The molecule has 0 bridgehead atoms. The molecule has 0 aliphatic heterocycles. The highest BCUT2D eigenvalue weighted by Crippen LogP contribution is 2.35. The average molecular weight is 271 g/mol. The van der Waals surface area contributed by atoms with Gasteiger partial charge in [0.15, 0.2) is 0 Å². The summed E-state index contributed by atoms with van der Waals surface area (Å²) in [5, 5.41) is 14.1. The number of aromatic nitrogens is 3. The second-order valence-electron chi connectivity index (χ2n) is 3.94. The first-order valence-electron chi connectivity index (χ1n) is 5.66. The Morgan fingerprint density at radius 1 is 1.32 bits per heavy atom. The van der Waals surface area contributed by atoms with Crippen LogP contribution in [0.3, 0.4) is 0 Å². The fraction of sp³-hybridized carbons (Fsp3) is 0.333. The van der Waals surface area contributed by atoms with Crippen molar-refractivity contribution in [3.8, 4) is 0 Å². The first kappa shape index (κ1) is 13.5. The number of aliphatic hydroxyl groups is 1. The van der Waals surface area contributed by atoms with Crippen molar-refractivity contribution >= 4 is 0 Å². The zero-order valence-electron chi connectivity index (χ0n) is 10.1. The van der Waals surface area contributed by atoms with Crippen LogP contribution in [0.1, 0.15) is 29.8 Å². The normalized spacial score (nSPS) is 13.5. The Labute approximate surface area is 107 Å². The highest BCUT2D eigenvalue weighted by Gasteiger charge is 2.35. The lowest BCUT2D eigenvalue weighted by Gasteiger charge is -2.17. The molecule has 7 heteroatoms. The van der Waals surface area contributed by atoms with Gasteiger partial charge in [-0.3, -0.25) is 9.67 Å². The lowest BCUT2D eigenvalue weighted by molar-refractivity contribution is -0.139. The fourth-order valence-electron chi connectivity index (χ4n) is 1.88. The fourth-order valence-corrected chi connectivity index (χ4v) is 1.88. The minimum absolute atomic E-state index is 0.273. The van der Waals surface area contributed by atoms with Crippen LogP contribution in [-0.2, 0) is 12.7 Å². The van der Waals surface area contributed by atoms with E-state index in [0.717, 1.165) is 18.5 Å². The highest BCUT2D eigenvalue weighted by molar-refractivity contribution is 5.33. The minimum Gasteiger partial charge on any atom is -0.382 e. The van der Waals surface area contributed by atoms with Crippen molar-refractivity contribution in [1.29, 1.82) is 0 Å². The molecule has 0 fully saturated rings. The maximum Gasteiger partial charge on any atom is 0.416 e. The van der Waals surface area contributed by atoms with Gasteiger partial charge in [-0.05, 0) is 19.1 Å². The smallest absolute Gasteiger partial charge is 0.382 e. The van der Waals surface area contributed by atoms with Crippen molar-refractivity contribution in [2.45, 2.75) is 25.7 Å². The van der Waals surface area contributed by atoms with Crippen LogP contribution in [0.4, 0.5) is 13.2 Å². The number of aliphatic hydroxyl groups excluding tert-OH is 1. The summed E-state index contributed by atoms with van der Waals surface area (Å²) in [7, 11) is 0. The molecule has 2 aromatic rings. The molecule has 2 aromatic heterocycles. The van der Waals surface area contributed by atoms with Gasteiger partial charge in [-0.2, -0.15) is 18.3 Å². The van der Waals surface area contributed by atoms with Crippen LogP contribution in [0.2, 0.25) is 0 Å². The standard InChI is InChI=1S/C12H12F3N3O/c1-2-18-10(4-6-17-18)11(19)8-7-16-5-3-9(8)12(13,14)15/h3-7,11,19H,2H2,1H3. The molecular formula is C12H12F3N3O. The van der Waals surface area contributed by atoms with Gasteiger partial charge in [0.05, 0.1) is 11.3 Å². The monoisotopic (exact) mass is 271 g/mol. The summed E-state index contributed by atoms with van der Waals surface area (Å²) in [6, 6.07) is 2.34. The zero-order chi connectivity index (χ0) is 14.0. The summed E-state index contributed by atoms with van der Waals surface area (Å²) in [6.07, 6.45) is -2.42. The van der Waals surface area contributed by atoms with Gasteiger partial charge in [0.25, 0.3) is 0 Å². The third kappa shape index (κ3) is 2.60. The van der Waals surface area contributed by atoms with Gasteiger partial charge in [0.2, 0.25) is 0 Å². The van der Waals surface area contributed by atoms with Crippen LogP contribution in [0.5, 0.6) is 0 Å². The molecule has 19 heavy (non-hydrogen) atoms. The van der Waals surface area contributed by atoms with E-state index < -0.39 is 17.8 Å². The molecule has 0 aliphatic carbocycles. The van der Waals surface area contributed by atoms with E-state index in [1.54, 1.807) is 6.92 Å². The van der Waals surface area contributed by atoms with Crippen LogP contribution in [-0.4, -0.2) is 19.9 Å². The average Bonchev–Trinajstić information content (AvgIpc) is 2.85. The Hall–Kier alpha value is -1.89. The van der Waals surface area contributed by atoms with Crippen molar-refractivity contribution in [3.05, 3.63) is 47.5 Å². The summed E-state index contributed by atoms with van der Waals surface area (Å²) in [5.74, 6) is 0. The molecular weight excluding hydrogens is 259 g/mol. The largest absolute Gasteiger partial charge is 0.416 e. The number of hydrogen-bond acceptors (Lipinski definition) is 3. The molecule has 1 atom stereocenters. The highest BCUT2D eigenvalue weighted by atomic mass is 19.4. The van der Waals surface area contributed by atoms with Crippen molar-refractivity contribution in [3.63, 3.8) is 0 Å². The molecule has 0 radical (unpaired) electrons. The Morgan fingerprint density at radius 2 is 2.05 bits per heavy atom. The van der Waals surface area contributed by atoms with E-state index in [4.69, 9.17) is 0 Å². The van der Waals surface area contributed by atoms with Gasteiger partial charge in [-0.25, -0.2) is 0 Å². The SMILES string of the molecule is CCn1nccc1C(O)c1cnccc1C(F)(F)F. The maximum absolute atomic E-state index is 12.9. The third-order valence-corrected chi connectivity index (χ3v) is 2.78. The molecule has 102 valence electrons. The number of aryl methyl sites for hydroxylation is 1. The van der Waals surface area contributed by atoms with Gasteiger partial charge in [-0.15, -0.1) is 0 Å². The molecule has 0 amide bonds. The van der Waals surface area contributed by atoms with Gasteiger partial charge in [-0.1, -0.05) is 0 Å². The van der Waals surface area contributed by atoms with Crippen LogP contribution >= 0.6 is 0 Å².